The van der Waals surface area contributed by atoms with Gasteiger partial charge in [0.05, 0.1) is 5.69 Å². The summed E-state index contributed by atoms with van der Waals surface area (Å²) in [6, 6.07) is 16.2. The standard InChI is InChI=1S/C20H22N2O/c1-13(2)18-19(16-9-5-7-14(3)11-16)21-22(20(18)23)17-10-6-8-15(4)12-17/h5-13,23H,1-4H3. The molecule has 0 saturated heterocycles. The SMILES string of the molecule is Cc1cccc(-c2nn(-c3cccc(C)c3)c(O)c2C(C)C)c1. The van der Waals surface area contributed by atoms with E-state index >= 15 is 0 Å². The molecule has 3 heteroatoms. The Labute approximate surface area is 137 Å². The van der Waals surface area contributed by atoms with Crippen LogP contribution in [0.15, 0.2) is 48.5 Å². The second kappa shape index (κ2) is 5.92. The molecule has 0 bridgehead atoms. The van der Waals surface area contributed by atoms with Crippen molar-refractivity contribution in [3.8, 4) is 22.8 Å². The van der Waals surface area contributed by atoms with Crippen molar-refractivity contribution < 1.29 is 5.11 Å². The molecule has 1 aromatic heterocycles. The van der Waals surface area contributed by atoms with Crippen LogP contribution in [0.4, 0.5) is 0 Å². The molecule has 0 aliphatic rings. The fourth-order valence-electron chi connectivity index (χ4n) is 2.90. The van der Waals surface area contributed by atoms with Gasteiger partial charge in [-0.2, -0.15) is 5.10 Å². The smallest absolute Gasteiger partial charge is 0.218 e. The maximum atomic E-state index is 10.8. The van der Waals surface area contributed by atoms with Gasteiger partial charge in [0, 0.05) is 11.1 Å². The van der Waals surface area contributed by atoms with E-state index in [9.17, 15) is 5.11 Å². The van der Waals surface area contributed by atoms with Crippen molar-refractivity contribution in [1.29, 1.82) is 0 Å². The molecule has 1 heterocycles. The van der Waals surface area contributed by atoms with E-state index in [2.05, 4.69) is 32.9 Å². The minimum atomic E-state index is 0.184. The van der Waals surface area contributed by atoms with Gasteiger partial charge in [0.25, 0.3) is 0 Å². The molecule has 118 valence electrons. The van der Waals surface area contributed by atoms with E-state index in [0.717, 1.165) is 28.1 Å². The number of aromatic nitrogens is 2. The highest BCUT2D eigenvalue weighted by atomic mass is 16.3. The van der Waals surface area contributed by atoms with Crippen LogP contribution in [-0.2, 0) is 0 Å². The van der Waals surface area contributed by atoms with Gasteiger partial charge in [0.15, 0.2) is 0 Å². The summed E-state index contributed by atoms with van der Waals surface area (Å²) >= 11 is 0. The number of rotatable bonds is 3. The first kappa shape index (κ1) is 15.3. The minimum absolute atomic E-state index is 0.184. The van der Waals surface area contributed by atoms with E-state index in [1.807, 2.05) is 43.3 Å². The number of hydrogen-bond donors (Lipinski definition) is 1. The Bertz CT molecular complexity index is 847. The Balaban J connectivity index is 2.23. The lowest BCUT2D eigenvalue weighted by Crippen LogP contribution is -1.96. The van der Waals surface area contributed by atoms with Gasteiger partial charge in [-0.1, -0.05) is 49.7 Å². The van der Waals surface area contributed by atoms with Crippen molar-refractivity contribution in [2.75, 3.05) is 0 Å². The molecule has 0 saturated carbocycles. The molecule has 0 spiro atoms. The van der Waals surface area contributed by atoms with Gasteiger partial charge >= 0.3 is 0 Å². The number of hydrogen-bond acceptors (Lipinski definition) is 2. The Morgan fingerprint density at radius 3 is 2.22 bits per heavy atom. The van der Waals surface area contributed by atoms with Crippen molar-refractivity contribution >= 4 is 0 Å². The van der Waals surface area contributed by atoms with E-state index in [1.54, 1.807) is 4.68 Å². The highest BCUT2D eigenvalue weighted by molar-refractivity contribution is 5.67. The van der Waals surface area contributed by atoms with E-state index in [0.29, 0.717) is 0 Å². The number of nitrogens with zero attached hydrogens (tertiary/aromatic N) is 2. The monoisotopic (exact) mass is 306 g/mol. The highest BCUT2D eigenvalue weighted by Crippen LogP contribution is 2.37. The van der Waals surface area contributed by atoms with E-state index in [4.69, 9.17) is 5.10 Å². The number of benzene rings is 2. The third-order valence-corrected chi connectivity index (χ3v) is 4.01. The average Bonchev–Trinajstić information content (AvgIpc) is 2.85. The fraction of sp³-hybridized carbons (Fsp3) is 0.250. The van der Waals surface area contributed by atoms with Crippen LogP contribution in [-0.4, -0.2) is 14.9 Å². The van der Waals surface area contributed by atoms with E-state index < -0.39 is 0 Å². The molecule has 3 nitrogen and oxygen atoms in total. The first-order valence-electron chi connectivity index (χ1n) is 7.93. The summed E-state index contributed by atoms with van der Waals surface area (Å²) in [4.78, 5) is 0. The normalized spacial score (nSPS) is 11.2. The van der Waals surface area contributed by atoms with Crippen molar-refractivity contribution in [3.63, 3.8) is 0 Å². The summed E-state index contributed by atoms with van der Waals surface area (Å²) in [5.74, 6) is 0.408. The predicted molar refractivity (Wildman–Crippen MR) is 94.2 cm³/mol. The molecular formula is C20H22N2O. The zero-order valence-corrected chi connectivity index (χ0v) is 14.0. The van der Waals surface area contributed by atoms with Gasteiger partial charge in [-0.25, -0.2) is 4.68 Å². The zero-order valence-electron chi connectivity index (χ0n) is 14.0. The molecule has 0 radical (unpaired) electrons. The predicted octanol–water partition coefficient (Wildman–Crippen LogP) is 4.99. The minimum Gasteiger partial charge on any atom is -0.493 e. The maximum absolute atomic E-state index is 10.8. The summed E-state index contributed by atoms with van der Waals surface area (Å²) in [5.41, 5.74) is 5.97. The second-order valence-electron chi connectivity index (χ2n) is 6.36. The van der Waals surface area contributed by atoms with Crippen LogP contribution >= 0.6 is 0 Å². The highest BCUT2D eigenvalue weighted by Gasteiger charge is 2.22. The van der Waals surface area contributed by atoms with Crippen LogP contribution in [0.2, 0.25) is 0 Å². The topological polar surface area (TPSA) is 38.0 Å². The number of aromatic hydroxyl groups is 1. The molecule has 3 aromatic rings. The first-order valence-corrected chi connectivity index (χ1v) is 7.93. The third kappa shape index (κ3) is 2.87. The van der Waals surface area contributed by atoms with Gasteiger partial charge < -0.3 is 5.11 Å². The van der Waals surface area contributed by atoms with E-state index in [-0.39, 0.29) is 11.8 Å². The maximum Gasteiger partial charge on any atom is 0.218 e. The van der Waals surface area contributed by atoms with Crippen molar-refractivity contribution in [2.24, 2.45) is 0 Å². The summed E-state index contributed by atoms with van der Waals surface area (Å²) in [6.07, 6.45) is 0. The van der Waals surface area contributed by atoms with Crippen LogP contribution < -0.4 is 0 Å². The summed E-state index contributed by atoms with van der Waals surface area (Å²) in [6.45, 7) is 8.26. The molecule has 0 atom stereocenters. The molecule has 0 aliphatic carbocycles. The summed E-state index contributed by atoms with van der Waals surface area (Å²) in [7, 11) is 0. The molecule has 3 rings (SSSR count). The second-order valence-corrected chi connectivity index (χ2v) is 6.36. The third-order valence-electron chi connectivity index (χ3n) is 4.01. The van der Waals surface area contributed by atoms with Crippen LogP contribution in [0.5, 0.6) is 5.88 Å². The molecule has 0 amide bonds. The van der Waals surface area contributed by atoms with Gasteiger partial charge in [0.1, 0.15) is 5.69 Å². The molecule has 0 aliphatic heterocycles. The number of aryl methyl sites for hydroxylation is 2. The van der Waals surface area contributed by atoms with Gasteiger partial charge in [-0.05, 0) is 43.5 Å². The molecular weight excluding hydrogens is 284 g/mol. The molecule has 1 N–H and O–H groups in total. The Morgan fingerprint density at radius 2 is 1.61 bits per heavy atom. The van der Waals surface area contributed by atoms with Gasteiger partial charge in [-0.15, -0.1) is 0 Å². The van der Waals surface area contributed by atoms with Crippen molar-refractivity contribution in [1.82, 2.24) is 9.78 Å². The molecule has 0 fully saturated rings. The van der Waals surface area contributed by atoms with Crippen LogP contribution in [0.3, 0.4) is 0 Å². The largest absolute Gasteiger partial charge is 0.493 e. The lowest BCUT2D eigenvalue weighted by atomic mass is 9.98. The fourth-order valence-corrected chi connectivity index (χ4v) is 2.90. The van der Waals surface area contributed by atoms with Gasteiger partial charge in [0.2, 0.25) is 5.88 Å². The summed E-state index contributed by atoms with van der Waals surface area (Å²) in [5, 5.41) is 15.5. The van der Waals surface area contributed by atoms with E-state index in [1.165, 1.54) is 5.56 Å². The Hall–Kier alpha value is -2.55. The first-order chi connectivity index (χ1) is 11.0. The molecule has 23 heavy (non-hydrogen) atoms. The Morgan fingerprint density at radius 1 is 0.957 bits per heavy atom. The summed E-state index contributed by atoms with van der Waals surface area (Å²) < 4.78 is 1.64. The zero-order chi connectivity index (χ0) is 16.6. The molecule has 2 aromatic carbocycles. The van der Waals surface area contributed by atoms with Gasteiger partial charge in [-0.3, -0.25) is 0 Å². The van der Waals surface area contributed by atoms with Crippen LogP contribution in [0.25, 0.3) is 16.9 Å². The lowest BCUT2D eigenvalue weighted by molar-refractivity contribution is 0.425. The van der Waals surface area contributed by atoms with Crippen molar-refractivity contribution in [3.05, 3.63) is 65.2 Å². The van der Waals surface area contributed by atoms with Crippen LogP contribution in [0.1, 0.15) is 36.5 Å². The molecule has 0 unspecified atom stereocenters. The Kier molecular flexibility index (Phi) is 3.95. The quantitative estimate of drug-likeness (QED) is 0.740. The van der Waals surface area contributed by atoms with Crippen molar-refractivity contribution in [2.45, 2.75) is 33.6 Å². The lowest BCUT2D eigenvalue weighted by Gasteiger charge is -2.07. The average molecular weight is 306 g/mol. The van der Waals surface area contributed by atoms with Crippen LogP contribution in [0, 0.1) is 13.8 Å².